The zero-order chi connectivity index (χ0) is 28.7. The minimum atomic E-state index is -1.14. The van der Waals surface area contributed by atoms with Crippen LogP contribution in [-0.4, -0.2) is 28.8 Å². The van der Waals surface area contributed by atoms with Gasteiger partial charge in [0.05, 0.1) is 27.9 Å². The van der Waals surface area contributed by atoms with E-state index in [9.17, 15) is 24.5 Å². The van der Waals surface area contributed by atoms with Crippen LogP contribution < -0.4 is 14.7 Å². The largest absolute Gasteiger partial charge is 0.423 e. The van der Waals surface area contributed by atoms with Crippen LogP contribution in [0.4, 0.5) is 17.1 Å². The van der Waals surface area contributed by atoms with Crippen LogP contribution in [0.2, 0.25) is 0 Å². The summed E-state index contributed by atoms with van der Waals surface area (Å²) in [4.78, 5) is 58.2. The van der Waals surface area contributed by atoms with E-state index < -0.39 is 40.8 Å². The first-order valence-corrected chi connectivity index (χ1v) is 12.8. The van der Waals surface area contributed by atoms with Crippen LogP contribution in [0, 0.1) is 23.0 Å². The molecule has 0 aromatic heterocycles. The smallest absolute Gasteiger partial charge is 0.343 e. The first kappa shape index (κ1) is 25.9. The van der Waals surface area contributed by atoms with Crippen LogP contribution in [-0.2, 0) is 14.4 Å². The van der Waals surface area contributed by atoms with Gasteiger partial charge in [-0.15, -0.1) is 0 Å². The standard InChI is InChI=1S/C31H23N3O7/c1-19-8-5-6-13-25(19)32-29(35)26-27(20-14-16-24(17-15-20)40-31(37)21-9-3-2-4-10-21)33(41-28(26)30(32)36)22-11-7-12-23(18-22)34(38)39/h2-18,26-28H,1H3/t26-,27-,28+/m1/s1. The third-order valence-corrected chi connectivity index (χ3v) is 7.21. The number of nitrogens with zero attached hydrogens (tertiary/aromatic N) is 3. The second-order valence-electron chi connectivity index (χ2n) is 9.72. The SMILES string of the molecule is Cc1ccccc1N1C(=O)[C@H]2[C@H](ON(c3cccc([N+](=O)[O-])c3)[C@@H]2c2ccc(OC(=O)c3ccccc3)cc2)C1=O. The highest BCUT2D eigenvalue weighted by Gasteiger charge is 2.60. The van der Waals surface area contributed by atoms with Crippen molar-refractivity contribution in [3.63, 3.8) is 0 Å². The number of nitro benzene ring substituents is 1. The summed E-state index contributed by atoms with van der Waals surface area (Å²) in [6, 6.07) is 27.2. The van der Waals surface area contributed by atoms with Crippen LogP contribution in [0.3, 0.4) is 0 Å². The van der Waals surface area contributed by atoms with Crippen LogP contribution >= 0.6 is 0 Å². The Labute approximate surface area is 234 Å². The summed E-state index contributed by atoms with van der Waals surface area (Å²) in [6.07, 6.45) is -1.14. The number of anilines is 2. The lowest BCUT2D eigenvalue weighted by Gasteiger charge is -2.29. The van der Waals surface area contributed by atoms with Gasteiger partial charge in [0, 0.05) is 12.1 Å². The van der Waals surface area contributed by atoms with Crippen molar-refractivity contribution >= 4 is 34.8 Å². The van der Waals surface area contributed by atoms with Crippen LogP contribution in [0.25, 0.3) is 0 Å². The molecule has 0 bridgehead atoms. The molecular formula is C31H23N3O7. The third kappa shape index (κ3) is 4.60. The van der Waals surface area contributed by atoms with Crippen molar-refractivity contribution in [1.29, 1.82) is 0 Å². The number of non-ortho nitro benzene ring substituents is 1. The van der Waals surface area contributed by atoms with E-state index in [-0.39, 0.29) is 11.4 Å². The number of fused-ring (bicyclic) bond motifs is 1. The molecule has 0 N–H and O–H groups in total. The number of benzene rings is 4. The fraction of sp³-hybridized carbons (Fsp3) is 0.129. The Bertz CT molecular complexity index is 1670. The Hall–Kier alpha value is -5.35. The van der Waals surface area contributed by atoms with Gasteiger partial charge >= 0.3 is 5.97 Å². The fourth-order valence-corrected chi connectivity index (χ4v) is 5.25. The second-order valence-corrected chi connectivity index (χ2v) is 9.72. The average Bonchev–Trinajstić information content (AvgIpc) is 3.50. The second kappa shape index (κ2) is 10.3. The number of rotatable bonds is 6. The Morgan fingerprint density at radius 1 is 0.878 bits per heavy atom. The Morgan fingerprint density at radius 3 is 2.29 bits per heavy atom. The summed E-state index contributed by atoms with van der Waals surface area (Å²) >= 11 is 0. The minimum Gasteiger partial charge on any atom is -0.423 e. The molecule has 2 aliphatic heterocycles. The van der Waals surface area contributed by atoms with E-state index >= 15 is 0 Å². The normalized spacial score (nSPS) is 19.8. The number of carbonyl (C=O) groups is 3. The first-order chi connectivity index (χ1) is 19.8. The van der Waals surface area contributed by atoms with E-state index in [2.05, 4.69) is 0 Å². The lowest BCUT2D eigenvalue weighted by molar-refractivity contribution is -0.384. The molecule has 2 fully saturated rings. The fourth-order valence-electron chi connectivity index (χ4n) is 5.25. The molecule has 10 nitrogen and oxygen atoms in total. The van der Waals surface area contributed by atoms with Gasteiger partial charge in [0.1, 0.15) is 11.7 Å². The van der Waals surface area contributed by atoms with Crippen molar-refractivity contribution in [2.75, 3.05) is 9.96 Å². The monoisotopic (exact) mass is 549 g/mol. The lowest BCUT2D eigenvalue weighted by Crippen LogP contribution is -2.37. The summed E-state index contributed by atoms with van der Waals surface area (Å²) in [7, 11) is 0. The molecule has 2 aliphatic rings. The molecule has 2 saturated heterocycles. The molecule has 4 aromatic carbocycles. The van der Waals surface area contributed by atoms with Gasteiger partial charge in [-0.25, -0.2) is 14.8 Å². The van der Waals surface area contributed by atoms with E-state index in [4.69, 9.17) is 9.57 Å². The number of amides is 2. The van der Waals surface area contributed by atoms with Gasteiger partial charge in [-0.1, -0.05) is 54.6 Å². The number of carbonyl (C=O) groups excluding carboxylic acids is 3. The Balaban J connectivity index is 1.37. The molecular weight excluding hydrogens is 526 g/mol. The van der Waals surface area contributed by atoms with Crippen LogP contribution in [0.5, 0.6) is 5.75 Å². The molecule has 41 heavy (non-hydrogen) atoms. The molecule has 3 atom stereocenters. The van der Waals surface area contributed by atoms with Crippen molar-refractivity contribution in [3.8, 4) is 5.75 Å². The molecule has 0 unspecified atom stereocenters. The number of hydroxylamine groups is 1. The van der Waals surface area contributed by atoms with Gasteiger partial charge in [0.25, 0.3) is 11.6 Å². The zero-order valence-corrected chi connectivity index (χ0v) is 21.7. The summed E-state index contributed by atoms with van der Waals surface area (Å²) in [6.45, 7) is 1.81. The number of esters is 1. The predicted octanol–water partition coefficient (Wildman–Crippen LogP) is 5.17. The van der Waals surface area contributed by atoms with Crippen molar-refractivity contribution in [3.05, 3.63) is 130 Å². The zero-order valence-electron chi connectivity index (χ0n) is 21.7. The van der Waals surface area contributed by atoms with Crippen molar-refractivity contribution in [2.24, 2.45) is 5.92 Å². The topological polar surface area (TPSA) is 119 Å². The van der Waals surface area contributed by atoms with E-state index in [1.807, 2.05) is 19.1 Å². The maximum atomic E-state index is 13.9. The van der Waals surface area contributed by atoms with Crippen molar-refractivity contribution < 1.29 is 28.9 Å². The highest BCUT2D eigenvalue weighted by molar-refractivity contribution is 6.24. The number of imide groups is 1. The molecule has 4 aromatic rings. The minimum absolute atomic E-state index is 0.163. The van der Waals surface area contributed by atoms with E-state index in [0.717, 1.165) is 10.5 Å². The highest BCUT2D eigenvalue weighted by Crippen LogP contribution is 2.48. The maximum Gasteiger partial charge on any atom is 0.343 e. The molecule has 10 heteroatoms. The predicted molar refractivity (Wildman–Crippen MR) is 148 cm³/mol. The summed E-state index contributed by atoms with van der Waals surface area (Å²) < 4.78 is 5.50. The van der Waals surface area contributed by atoms with Gasteiger partial charge in [-0.3, -0.25) is 24.5 Å². The first-order valence-electron chi connectivity index (χ1n) is 12.8. The van der Waals surface area contributed by atoms with Gasteiger partial charge in [0.2, 0.25) is 5.91 Å². The number of hydrogen-bond acceptors (Lipinski definition) is 8. The molecule has 204 valence electrons. The molecule has 0 saturated carbocycles. The molecule has 2 heterocycles. The molecule has 0 aliphatic carbocycles. The number of aryl methyl sites for hydroxylation is 1. The van der Waals surface area contributed by atoms with Gasteiger partial charge in [-0.05, 0) is 54.4 Å². The summed E-state index contributed by atoms with van der Waals surface area (Å²) in [5, 5.41) is 12.9. The Morgan fingerprint density at radius 2 is 1.59 bits per heavy atom. The van der Waals surface area contributed by atoms with E-state index in [1.165, 1.54) is 23.3 Å². The number of ether oxygens (including phenoxy) is 1. The third-order valence-electron chi connectivity index (χ3n) is 7.21. The number of para-hydroxylation sites is 1. The quantitative estimate of drug-likeness (QED) is 0.106. The van der Waals surface area contributed by atoms with Crippen LogP contribution in [0.15, 0.2) is 103 Å². The lowest BCUT2D eigenvalue weighted by atomic mass is 9.90. The van der Waals surface area contributed by atoms with Gasteiger partial charge < -0.3 is 4.74 Å². The highest BCUT2D eigenvalue weighted by atomic mass is 16.7. The van der Waals surface area contributed by atoms with Crippen molar-refractivity contribution in [2.45, 2.75) is 19.1 Å². The van der Waals surface area contributed by atoms with E-state index in [0.29, 0.717) is 22.5 Å². The maximum absolute atomic E-state index is 13.9. The number of hydrogen-bond donors (Lipinski definition) is 0. The molecule has 2 amide bonds. The molecule has 0 spiro atoms. The summed E-state index contributed by atoms with van der Waals surface area (Å²) in [5.74, 6) is -2.12. The number of nitro groups is 1. The Kier molecular flexibility index (Phi) is 6.52. The summed E-state index contributed by atoms with van der Waals surface area (Å²) in [5.41, 5.74) is 2.38. The van der Waals surface area contributed by atoms with Crippen LogP contribution in [0.1, 0.15) is 27.5 Å². The average molecular weight is 550 g/mol. The molecule has 0 radical (unpaired) electrons. The van der Waals surface area contributed by atoms with Crippen molar-refractivity contribution in [1.82, 2.24) is 0 Å². The molecule has 6 rings (SSSR count). The van der Waals surface area contributed by atoms with Gasteiger partial charge in [-0.2, -0.15) is 0 Å². The van der Waals surface area contributed by atoms with Gasteiger partial charge in [0.15, 0.2) is 6.10 Å². The van der Waals surface area contributed by atoms with E-state index in [1.54, 1.807) is 72.8 Å².